The molecule has 19 heavy (non-hydrogen) atoms. The number of benzene rings is 1. The van der Waals surface area contributed by atoms with Gasteiger partial charge in [0, 0.05) is 11.1 Å². The van der Waals surface area contributed by atoms with Crippen molar-refractivity contribution < 1.29 is 13.9 Å². The molecule has 0 fully saturated rings. The van der Waals surface area contributed by atoms with Crippen LogP contribution in [0.15, 0.2) is 28.7 Å². The van der Waals surface area contributed by atoms with Crippen LogP contribution in [0.5, 0.6) is 11.5 Å². The van der Waals surface area contributed by atoms with Crippen LogP contribution in [-0.4, -0.2) is 14.2 Å². The summed E-state index contributed by atoms with van der Waals surface area (Å²) in [5.74, 6) is 2.62. The highest BCUT2D eigenvalue weighted by Gasteiger charge is 2.19. The van der Waals surface area contributed by atoms with Gasteiger partial charge in [-0.25, -0.2) is 0 Å². The van der Waals surface area contributed by atoms with E-state index in [0.717, 1.165) is 11.3 Å². The number of ether oxygens (including phenoxy) is 2. The Morgan fingerprint density at radius 3 is 2.32 bits per heavy atom. The Morgan fingerprint density at radius 1 is 1.16 bits per heavy atom. The second-order valence-corrected chi connectivity index (χ2v) is 4.56. The molecule has 1 aromatic heterocycles. The number of hydrogen-bond acceptors (Lipinski definition) is 4. The van der Waals surface area contributed by atoms with Gasteiger partial charge in [0.15, 0.2) is 11.5 Å². The molecule has 0 aliphatic rings. The number of nitrogens with two attached hydrogens (primary N) is 1. The monoisotopic (exact) mass is 281 g/mol. The van der Waals surface area contributed by atoms with Gasteiger partial charge in [-0.15, -0.1) is 0 Å². The molecule has 2 rings (SSSR count). The standard InChI is InChI=1S/C14H16ClNO3/c1-8-4-5-11(19-8)14(16)9-6-12(17-2)13(18-3)7-10(9)15/h4-7,14H,16H2,1-3H3. The van der Waals surface area contributed by atoms with Gasteiger partial charge in [0.1, 0.15) is 11.5 Å². The van der Waals surface area contributed by atoms with Gasteiger partial charge in [0.25, 0.3) is 0 Å². The van der Waals surface area contributed by atoms with E-state index in [9.17, 15) is 0 Å². The van der Waals surface area contributed by atoms with Crippen molar-refractivity contribution in [2.75, 3.05) is 14.2 Å². The fourth-order valence-electron chi connectivity index (χ4n) is 1.88. The number of methoxy groups -OCH3 is 2. The molecule has 4 nitrogen and oxygen atoms in total. The Bertz CT molecular complexity index is 580. The van der Waals surface area contributed by atoms with Crippen molar-refractivity contribution in [1.29, 1.82) is 0 Å². The van der Waals surface area contributed by atoms with Crippen LogP contribution >= 0.6 is 11.6 Å². The summed E-state index contributed by atoms with van der Waals surface area (Å²) in [4.78, 5) is 0. The molecular weight excluding hydrogens is 266 g/mol. The lowest BCUT2D eigenvalue weighted by atomic mass is 10.0. The first-order valence-electron chi connectivity index (χ1n) is 5.80. The molecule has 1 heterocycles. The quantitative estimate of drug-likeness (QED) is 0.934. The summed E-state index contributed by atoms with van der Waals surface area (Å²) < 4.78 is 16.0. The smallest absolute Gasteiger partial charge is 0.162 e. The molecule has 1 unspecified atom stereocenters. The fraction of sp³-hybridized carbons (Fsp3) is 0.286. The van der Waals surface area contributed by atoms with Gasteiger partial charge in [-0.2, -0.15) is 0 Å². The second kappa shape index (κ2) is 5.55. The molecule has 1 aromatic carbocycles. The predicted octanol–water partition coefficient (Wildman–Crippen LogP) is 3.31. The molecular formula is C14H16ClNO3. The van der Waals surface area contributed by atoms with Crippen LogP contribution in [-0.2, 0) is 0 Å². The molecule has 0 bridgehead atoms. The first-order chi connectivity index (χ1) is 9.06. The number of rotatable bonds is 4. The Labute approximate surface area is 117 Å². The minimum atomic E-state index is -0.444. The first-order valence-corrected chi connectivity index (χ1v) is 6.18. The van der Waals surface area contributed by atoms with Gasteiger partial charge < -0.3 is 19.6 Å². The summed E-state index contributed by atoms with van der Waals surface area (Å²) in [6.45, 7) is 1.87. The fourth-order valence-corrected chi connectivity index (χ4v) is 2.15. The SMILES string of the molecule is COc1cc(Cl)c(C(N)c2ccc(C)o2)cc1OC. The Morgan fingerprint density at radius 2 is 1.79 bits per heavy atom. The highest BCUT2D eigenvalue weighted by Crippen LogP contribution is 2.37. The summed E-state index contributed by atoms with van der Waals surface area (Å²) in [7, 11) is 3.13. The lowest BCUT2D eigenvalue weighted by molar-refractivity contribution is 0.354. The van der Waals surface area contributed by atoms with Crippen LogP contribution in [0, 0.1) is 6.92 Å². The zero-order valence-corrected chi connectivity index (χ0v) is 11.8. The largest absolute Gasteiger partial charge is 0.493 e. The van der Waals surface area contributed by atoms with Gasteiger partial charge >= 0.3 is 0 Å². The van der Waals surface area contributed by atoms with E-state index in [1.54, 1.807) is 26.4 Å². The van der Waals surface area contributed by atoms with Gasteiger partial charge in [-0.1, -0.05) is 11.6 Å². The van der Waals surface area contributed by atoms with Gasteiger partial charge in [-0.05, 0) is 30.7 Å². The number of hydrogen-bond donors (Lipinski definition) is 1. The summed E-state index contributed by atoms with van der Waals surface area (Å²) in [6.07, 6.45) is 0. The van der Waals surface area contributed by atoms with E-state index in [-0.39, 0.29) is 0 Å². The Kier molecular flexibility index (Phi) is 4.02. The van der Waals surface area contributed by atoms with Crippen molar-refractivity contribution in [3.63, 3.8) is 0 Å². The number of furan rings is 1. The molecule has 0 spiro atoms. The predicted molar refractivity (Wildman–Crippen MR) is 74.0 cm³/mol. The minimum Gasteiger partial charge on any atom is -0.493 e. The maximum absolute atomic E-state index is 6.23. The molecule has 0 saturated heterocycles. The van der Waals surface area contributed by atoms with Gasteiger partial charge in [0.2, 0.25) is 0 Å². The maximum atomic E-state index is 6.23. The Hall–Kier alpha value is -1.65. The van der Waals surface area contributed by atoms with E-state index in [4.69, 9.17) is 31.2 Å². The van der Waals surface area contributed by atoms with Crippen molar-refractivity contribution in [1.82, 2.24) is 0 Å². The van der Waals surface area contributed by atoms with E-state index in [1.165, 1.54) is 0 Å². The molecule has 5 heteroatoms. The lowest BCUT2D eigenvalue weighted by Crippen LogP contribution is -2.12. The van der Waals surface area contributed by atoms with Crippen LogP contribution in [0.4, 0.5) is 0 Å². The average Bonchev–Trinajstić information content (AvgIpc) is 2.84. The van der Waals surface area contributed by atoms with Crippen LogP contribution < -0.4 is 15.2 Å². The van der Waals surface area contributed by atoms with E-state index >= 15 is 0 Å². The Balaban J connectivity index is 2.44. The van der Waals surface area contributed by atoms with Crippen molar-refractivity contribution in [3.8, 4) is 11.5 Å². The lowest BCUT2D eigenvalue weighted by Gasteiger charge is -2.15. The molecule has 0 radical (unpaired) electrons. The van der Waals surface area contributed by atoms with Crippen LogP contribution in [0.3, 0.4) is 0 Å². The summed E-state index contributed by atoms with van der Waals surface area (Å²) in [6, 6.07) is 6.72. The zero-order chi connectivity index (χ0) is 14.0. The highest BCUT2D eigenvalue weighted by molar-refractivity contribution is 6.31. The van der Waals surface area contributed by atoms with Crippen LogP contribution in [0.2, 0.25) is 5.02 Å². The summed E-state index contributed by atoms with van der Waals surface area (Å²) in [5, 5.41) is 0.513. The first kappa shape index (κ1) is 13.8. The molecule has 0 saturated carbocycles. The van der Waals surface area contributed by atoms with Crippen molar-refractivity contribution in [2.24, 2.45) is 5.73 Å². The molecule has 102 valence electrons. The summed E-state index contributed by atoms with van der Waals surface area (Å²) in [5.41, 5.74) is 6.90. The van der Waals surface area contributed by atoms with Crippen molar-refractivity contribution in [3.05, 3.63) is 46.4 Å². The normalized spacial score (nSPS) is 12.3. The topological polar surface area (TPSA) is 57.6 Å². The molecule has 2 N–H and O–H groups in total. The van der Waals surface area contributed by atoms with E-state index < -0.39 is 6.04 Å². The highest BCUT2D eigenvalue weighted by atomic mass is 35.5. The number of aryl methyl sites for hydroxylation is 1. The third-order valence-corrected chi connectivity index (χ3v) is 3.23. The van der Waals surface area contributed by atoms with Gasteiger partial charge in [-0.3, -0.25) is 0 Å². The van der Waals surface area contributed by atoms with Crippen molar-refractivity contribution in [2.45, 2.75) is 13.0 Å². The zero-order valence-electron chi connectivity index (χ0n) is 11.1. The van der Waals surface area contributed by atoms with Crippen LogP contribution in [0.1, 0.15) is 23.1 Å². The molecule has 0 amide bonds. The second-order valence-electron chi connectivity index (χ2n) is 4.15. The minimum absolute atomic E-state index is 0.444. The molecule has 0 aliphatic heterocycles. The van der Waals surface area contributed by atoms with E-state index in [2.05, 4.69) is 0 Å². The summed E-state index contributed by atoms with van der Waals surface area (Å²) >= 11 is 6.23. The van der Waals surface area contributed by atoms with Crippen molar-refractivity contribution >= 4 is 11.6 Å². The third-order valence-electron chi connectivity index (χ3n) is 2.91. The van der Waals surface area contributed by atoms with Crippen LogP contribution in [0.25, 0.3) is 0 Å². The molecule has 0 aliphatic carbocycles. The average molecular weight is 282 g/mol. The number of halogens is 1. The molecule has 2 aromatic rings. The van der Waals surface area contributed by atoms with Gasteiger partial charge in [0.05, 0.1) is 20.3 Å². The van der Waals surface area contributed by atoms with E-state index in [0.29, 0.717) is 22.3 Å². The maximum Gasteiger partial charge on any atom is 0.162 e. The van der Waals surface area contributed by atoms with E-state index in [1.807, 2.05) is 19.1 Å². The molecule has 1 atom stereocenters. The third kappa shape index (κ3) is 2.69.